The largest absolute Gasteiger partial charge is 0.138 e. The van der Waals surface area contributed by atoms with E-state index in [2.05, 4.69) is 44.2 Å². The van der Waals surface area contributed by atoms with Crippen molar-refractivity contribution in [2.24, 2.45) is 0 Å². The van der Waals surface area contributed by atoms with E-state index in [-0.39, 0.29) is 0 Å². The molecule has 4 rings (SSSR count). The predicted octanol–water partition coefficient (Wildman–Crippen LogP) is 6.45. The fraction of sp³-hybridized carbons (Fsp3) is 0.200. The molecule has 3 heteroatoms. The van der Waals surface area contributed by atoms with E-state index in [9.17, 15) is 0 Å². The van der Waals surface area contributed by atoms with Crippen LogP contribution in [0.4, 0.5) is 0 Å². The Hall–Kier alpha value is -0.900. The van der Waals surface area contributed by atoms with Crippen molar-refractivity contribution in [3.05, 3.63) is 35.2 Å². The Balaban J connectivity index is 2.14. The average molecular weight is 288 g/mol. The Morgan fingerprint density at radius 1 is 0.833 bits per heavy atom. The Labute approximate surface area is 117 Å². The number of hydrogen-bond donors (Lipinski definition) is 0. The molecule has 3 aromatic heterocycles. The lowest BCUT2D eigenvalue weighted by Gasteiger charge is -1.96. The van der Waals surface area contributed by atoms with Gasteiger partial charge in [-0.3, -0.25) is 0 Å². The smallest absolute Gasteiger partial charge is 0.0642 e. The molecule has 4 aromatic rings. The van der Waals surface area contributed by atoms with Gasteiger partial charge in [0.2, 0.25) is 0 Å². The first kappa shape index (κ1) is 11.0. The predicted molar refractivity (Wildman–Crippen MR) is 86.7 cm³/mol. The van der Waals surface area contributed by atoms with Gasteiger partial charge in [0, 0.05) is 19.7 Å². The van der Waals surface area contributed by atoms with Crippen molar-refractivity contribution >= 4 is 62.9 Å². The summed E-state index contributed by atoms with van der Waals surface area (Å²) in [6.45, 7) is 4.55. The van der Waals surface area contributed by atoms with E-state index in [1.165, 1.54) is 33.8 Å². The van der Waals surface area contributed by atoms with Crippen LogP contribution in [0.1, 0.15) is 24.6 Å². The van der Waals surface area contributed by atoms with Crippen LogP contribution in [0.5, 0.6) is 0 Å². The van der Waals surface area contributed by atoms with Crippen molar-refractivity contribution in [2.45, 2.75) is 19.8 Å². The topological polar surface area (TPSA) is 0 Å². The molecule has 0 aliphatic carbocycles. The summed E-state index contributed by atoms with van der Waals surface area (Å²) >= 11 is 5.88. The molecule has 18 heavy (non-hydrogen) atoms. The molecule has 0 aliphatic rings. The van der Waals surface area contributed by atoms with Crippen LogP contribution in [-0.2, 0) is 0 Å². The lowest BCUT2D eigenvalue weighted by atomic mass is 10.2. The quantitative estimate of drug-likeness (QED) is 0.377. The molecule has 0 radical (unpaired) electrons. The molecule has 0 unspecified atom stereocenters. The van der Waals surface area contributed by atoms with Crippen LogP contribution in [0.15, 0.2) is 30.3 Å². The van der Waals surface area contributed by atoms with Crippen molar-refractivity contribution < 1.29 is 0 Å². The van der Waals surface area contributed by atoms with Gasteiger partial charge in [0.25, 0.3) is 0 Å². The second-order valence-electron chi connectivity index (χ2n) is 4.86. The number of hydrogen-bond acceptors (Lipinski definition) is 3. The molecular weight excluding hydrogens is 276 g/mol. The third-order valence-corrected chi connectivity index (χ3v) is 7.45. The first-order chi connectivity index (χ1) is 8.74. The Bertz CT molecular complexity index is 858. The molecule has 0 N–H and O–H groups in total. The van der Waals surface area contributed by atoms with Crippen LogP contribution in [0.3, 0.4) is 0 Å². The highest BCUT2D eigenvalue weighted by Gasteiger charge is 2.15. The second kappa shape index (κ2) is 3.80. The van der Waals surface area contributed by atoms with Gasteiger partial charge < -0.3 is 0 Å². The first-order valence-corrected chi connectivity index (χ1v) is 8.52. The number of fused-ring (bicyclic) bond motifs is 5. The minimum absolute atomic E-state index is 0.638. The van der Waals surface area contributed by atoms with E-state index >= 15 is 0 Å². The number of rotatable bonds is 1. The highest BCUT2D eigenvalue weighted by molar-refractivity contribution is 7.41. The van der Waals surface area contributed by atoms with Gasteiger partial charge in [0.1, 0.15) is 0 Å². The van der Waals surface area contributed by atoms with Crippen molar-refractivity contribution in [1.29, 1.82) is 0 Å². The normalized spacial score (nSPS) is 12.4. The second-order valence-corrected chi connectivity index (χ2v) is 8.04. The summed E-state index contributed by atoms with van der Waals surface area (Å²) in [5.74, 6) is 0.638. The van der Waals surface area contributed by atoms with Gasteiger partial charge in [0.05, 0.1) is 14.1 Å². The number of benzene rings is 1. The Morgan fingerprint density at radius 3 is 2.44 bits per heavy atom. The van der Waals surface area contributed by atoms with Crippen LogP contribution in [0.25, 0.3) is 28.9 Å². The fourth-order valence-corrected chi connectivity index (χ4v) is 6.45. The number of thiophene rings is 3. The lowest BCUT2D eigenvalue weighted by molar-refractivity contribution is 0.891. The standard InChI is InChI=1S/C15H12S3/c1-8(2)11-7-12-14(17-11)15-13(18-12)9-5-3-4-6-10(9)16-15/h3-8H,1-2H3. The molecule has 0 bridgehead atoms. The van der Waals surface area contributed by atoms with Gasteiger partial charge in [-0.2, -0.15) is 0 Å². The van der Waals surface area contributed by atoms with E-state index in [4.69, 9.17) is 0 Å². The summed E-state index contributed by atoms with van der Waals surface area (Å²) in [6, 6.07) is 11.1. The Morgan fingerprint density at radius 2 is 1.61 bits per heavy atom. The van der Waals surface area contributed by atoms with Gasteiger partial charge in [0.15, 0.2) is 0 Å². The maximum atomic E-state index is 2.39. The summed E-state index contributed by atoms with van der Waals surface area (Å²) in [7, 11) is 0. The van der Waals surface area contributed by atoms with E-state index in [1.807, 2.05) is 34.0 Å². The summed E-state index contributed by atoms with van der Waals surface area (Å²) in [5, 5.41) is 1.43. The lowest BCUT2D eigenvalue weighted by Crippen LogP contribution is -1.77. The molecule has 1 aromatic carbocycles. The molecule has 0 amide bonds. The van der Waals surface area contributed by atoms with E-state index < -0.39 is 0 Å². The van der Waals surface area contributed by atoms with E-state index in [1.54, 1.807) is 0 Å². The fourth-order valence-electron chi connectivity index (χ4n) is 2.29. The van der Waals surface area contributed by atoms with Crippen LogP contribution < -0.4 is 0 Å². The highest BCUT2D eigenvalue weighted by atomic mass is 32.1. The highest BCUT2D eigenvalue weighted by Crippen LogP contribution is 2.47. The molecule has 0 fully saturated rings. The van der Waals surface area contributed by atoms with Crippen molar-refractivity contribution in [3.63, 3.8) is 0 Å². The van der Waals surface area contributed by atoms with Crippen LogP contribution in [-0.4, -0.2) is 0 Å². The zero-order chi connectivity index (χ0) is 12.3. The van der Waals surface area contributed by atoms with Gasteiger partial charge >= 0.3 is 0 Å². The van der Waals surface area contributed by atoms with Gasteiger partial charge in [-0.1, -0.05) is 32.0 Å². The third kappa shape index (κ3) is 1.41. The van der Waals surface area contributed by atoms with Gasteiger partial charge in [-0.15, -0.1) is 34.0 Å². The third-order valence-electron chi connectivity index (χ3n) is 3.25. The van der Waals surface area contributed by atoms with Crippen molar-refractivity contribution in [2.75, 3.05) is 0 Å². The molecule has 0 saturated heterocycles. The molecule has 3 heterocycles. The summed E-state index contributed by atoms with van der Waals surface area (Å²) in [6.07, 6.45) is 0. The molecule has 0 nitrogen and oxygen atoms in total. The van der Waals surface area contributed by atoms with E-state index in [0.717, 1.165) is 0 Å². The molecule has 0 aliphatic heterocycles. The molecule has 90 valence electrons. The van der Waals surface area contributed by atoms with Gasteiger partial charge in [-0.25, -0.2) is 0 Å². The van der Waals surface area contributed by atoms with Gasteiger partial charge in [-0.05, 0) is 18.1 Å². The summed E-state index contributed by atoms with van der Waals surface area (Å²) in [5.41, 5.74) is 0. The van der Waals surface area contributed by atoms with Crippen molar-refractivity contribution in [1.82, 2.24) is 0 Å². The van der Waals surface area contributed by atoms with Crippen LogP contribution in [0, 0.1) is 0 Å². The summed E-state index contributed by atoms with van der Waals surface area (Å²) in [4.78, 5) is 1.51. The monoisotopic (exact) mass is 288 g/mol. The first-order valence-electron chi connectivity index (χ1n) is 6.07. The zero-order valence-electron chi connectivity index (χ0n) is 10.2. The summed E-state index contributed by atoms with van der Waals surface area (Å²) < 4.78 is 7.36. The van der Waals surface area contributed by atoms with Crippen molar-refractivity contribution in [3.8, 4) is 0 Å². The maximum absolute atomic E-state index is 2.39. The Kier molecular flexibility index (Phi) is 2.31. The average Bonchev–Trinajstić information content (AvgIpc) is 2.97. The zero-order valence-corrected chi connectivity index (χ0v) is 12.6. The molecule has 0 saturated carbocycles. The van der Waals surface area contributed by atoms with Crippen LogP contribution >= 0.6 is 34.0 Å². The minimum Gasteiger partial charge on any atom is -0.138 e. The van der Waals surface area contributed by atoms with E-state index in [0.29, 0.717) is 5.92 Å². The van der Waals surface area contributed by atoms with Crippen LogP contribution in [0.2, 0.25) is 0 Å². The molecule has 0 atom stereocenters. The molecule has 0 spiro atoms. The maximum Gasteiger partial charge on any atom is 0.0642 e. The minimum atomic E-state index is 0.638. The SMILES string of the molecule is CC(C)c1cc2sc3c4ccccc4sc3c2s1. The molecular formula is C15H12S3.